The van der Waals surface area contributed by atoms with Crippen molar-refractivity contribution in [3.05, 3.63) is 109 Å². The number of benzene rings is 4. The van der Waals surface area contributed by atoms with E-state index in [4.69, 9.17) is 0 Å². The van der Waals surface area contributed by atoms with Crippen LogP contribution in [0.15, 0.2) is 119 Å². The number of rotatable bonds is 4. The van der Waals surface area contributed by atoms with Crippen molar-refractivity contribution in [1.82, 2.24) is 0 Å². The van der Waals surface area contributed by atoms with Crippen LogP contribution in [0.5, 0.6) is 0 Å². The average molecular weight is 338 g/mol. The van der Waals surface area contributed by atoms with Crippen molar-refractivity contribution in [1.29, 1.82) is 0 Å². The van der Waals surface area contributed by atoms with Crippen molar-refractivity contribution in [2.45, 2.75) is 9.79 Å². The van der Waals surface area contributed by atoms with Gasteiger partial charge in [-0.05, 0) is 46.5 Å². The summed E-state index contributed by atoms with van der Waals surface area (Å²) in [6.07, 6.45) is 0. The minimum atomic E-state index is 1.25. The Kier molecular flexibility index (Phi) is 4.67. The first kappa shape index (κ1) is 15.7. The van der Waals surface area contributed by atoms with E-state index >= 15 is 0 Å². The molecule has 0 unspecified atom stereocenters. The van der Waals surface area contributed by atoms with Gasteiger partial charge in [0.25, 0.3) is 0 Å². The Balaban J connectivity index is 1.65. The zero-order valence-corrected chi connectivity index (χ0v) is 14.6. The topological polar surface area (TPSA) is 0 Å². The van der Waals surface area contributed by atoms with Crippen LogP contribution in [0.3, 0.4) is 0 Å². The van der Waals surface area contributed by atoms with Crippen LogP contribution in [-0.4, -0.2) is 0 Å². The largest absolute Gasteiger partial charge is 0.0901 e. The lowest BCUT2D eigenvalue weighted by Gasteiger charge is -2.11. The molecule has 0 aromatic heterocycles. The van der Waals surface area contributed by atoms with Crippen LogP contribution in [0.25, 0.3) is 22.3 Å². The second-order valence-electron chi connectivity index (χ2n) is 5.85. The molecule has 0 heterocycles. The first-order valence-electron chi connectivity index (χ1n) is 8.38. The Morgan fingerprint density at radius 2 is 0.800 bits per heavy atom. The van der Waals surface area contributed by atoms with E-state index in [-0.39, 0.29) is 0 Å². The summed E-state index contributed by atoms with van der Waals surface area (Å²) in [7, 11) is 0. The van der Waals surface area contributed by atoms with Gasteiger partial charge in [-0.3, -0.25) is 0 Å². The molecule has 0 bridgehead atoms. The van der Waals surface area contributed by atoms with Crippen molar-refractivity contribution in [2.75, 3.05) is 0 Å². The molecule has 25 heavy (non-hydrogen) atoms. The van der Waals surface area contributed by atoms with E-state index in [1.54, 1.807) is 11.8 Å². The first-order valence-corrected chi connectivity index (χ1v) is 9.19. The van der Waals surface area contributed by atoms with Crippen molar-refractivity contribution in [3.63, 3.8) is 0 Å². The van der Waals surface area contributed by atoms with E-state index in [0.717, 1.165) is 0 Å². The highest BCUT2D eigenvalue weighted by atomic mass is 32.2. The van der Waals surface area contributed by atoms with Crippen molar-refractivity contribution in [3.8, 4) is 22.3 Å². The molecule has 4 aromatic rings. The molecular formula is C24H18S. The van der Waals surface area contributed by atoms with E-state index in [1.807, 2.05) is 6.07 Å². The standard InChI is InChI=1S/C24H18S/c1-3-9-19(10-4-1)23-13-7-8-14-24(23)20-15-17-22(18-16-20)25-21-11-5-2-6-12-21/h1-18H. The monoisotopic (exact) mass is 338 g/mol. The Morgan fingerprint density at radius 3 is 1.40 bits per heavy atom. The molecule has 0 nitrogen and oxygen atoms in total. The highest BCUT2D eigenvalue weighted by molar-refractivity contribution is 7.99. The van der Waals surface area contributed by atoms with Gasteiger partial charge in [0.1, 0.15) is 0 Å². The maximum Gasteiger partial charge on any atom is 0.0122 e. The molecule has 0 saturated carbocycles. The van der Waals surface area contributed by atoms with Gasteiger partial charge >= 0.3 is 0 Å². The first-order chi connectivity index (χ1) is 12.4. The Labute approximate surface area is 153 Å². The fraction of sp³-hybridized carbons (Fsp3) is 0. The average Bonchev–Trinajstić information content (AvgIpc) is 2.70. The van der Waals surface area contributed by atoms with Gasteiger partial charge in [-0.25, -0.2) is 0 Å². The predicted octanol–water partition coefficient (Wildman–Crippen LogP) is 7.17. The fourth-order valence-corrected chi connectivity index (χ4v) is 3.77. The van der Waals surface area contributed by atoms with E-state index in [2.05, 4.69) is 103 Å². The second kappa shape index (κ2) is 7.42. The van der Waals surface area contributed by atoms with Crippen molar-refractivity contribution < 1.29 is 0 Å². The van der Waals surface area contributed by atoms with E-state index in [0.29, 0.717) is 0 Å². The molecule has 0 N–H and O–H groups in total. The van der Waals surface area contributed by atoms with Crippen LogP contribution in [-0.2, 0) is 0 Å². The van der Waals surface area contributed by atoms with E-state index in [1.165, 1.54) is 32.0 Å². The Bertz CT molecular complexity index is 942. The van der Waals surface area contributed by atoms with Crippen LogP contribution in [0.1, 0.15) is 0 Å². The lowest BCUT2D eigenvalue weighted by molar-refractivity contribution is 1.40. The molecule has 0 aliphatic heterocycles. The number of hydrogen-bond acceptors (Lipinski definition) is 1. The SMILES string of the molecule is c1ccc(Sc2ccc(-c3ccccc3-c3ccccc3)cc2)cc1. The highest BCUT2D eigenvalue weighted by Crippen LogP contribution is 2.34. The molecule has 4 rings (SSSR count). The van der Waals surface area contributed by atoms with E-state index in [9.17, 15) is 0 Å². The summed E-state index contributed by atoms with van der Waals surface area (Å²) < 4.78 is 0. The van der Waals surface area contributed by atoms with Crippen LogP contribution < -0.4 is 0 Å². The molecule has 0 atom stereocenters. The van der Waals surface area contributed by atoms with Crippen LogP contribution in [0, 0.1) is 0 Å². The third kappa shape index (κ3) is 3.67. The third-order valence-corrected chi connectivity index (χ3v) is 5.17. The predicted molar refractivity (Wildman–Crippen MR) is 108 cm³/mol. The normalized spacial score (nSPS) is 10.6. The summed E-state index contributed by atoms with van der Waals surface area (Å²) in [6, 6.07) is 38.5. The summed E-state index contributed by atoms with van der Waals surface area (Å²) in [4.78, 5) is 2.52. The highest BCUT2D eigenvalue weighted by Gasteiger charge is 2.07. The molecule has 4 aromatic carbocycles. The Hall–Kier alpha value is -2.77. The fourth-order valence-electron chi connectivity index (χ4n) is 2.93. The van der Waals surface area contributed by atoms with Gasteiger partial charge in [0, 0.05) is 9.79 Å². The molecule has 0 amide bonds. The maximum atomic E-state index is 2.22. The lowest BCUT2D eigenvalue weighted by Crippen LogP contribution is -1.85. The van der Waals surface area contributed by atoms with Gasteiger partial charge in [0.2, 0.25) is 0 Å². The molecule has 0 aliphatic carbocycles. The summed E-state index contributed by atoms with van der Waals surface area (Å²) in [5.74, 6) is 0. The van der Waals surface area contributed by atoms with Gasteiger partial charge in [0.05, 0.1) is 0 Å². The molecular weight excluding hydrogens is 320 g/mol. The minimum absolute atomic E-state index is 1.25. The molecule has 0 radical (unpaired) electrons. The van der Waals surface area contributed by atoms with E-state index < -0.39 is 0 Å². The quantitative estimate of drug-likeness (QED) is 0.380. The van der Waals surface area contributed by atoms with Gasteiger partial charge in [-0.1, -0.05) is 96.7 Å². The lowest BCUT2D eigenvalue weighted by atomic mass is 9.95. The van der Waals surface area contributed by atoms with Gasteiger partial charge in [-0.15, -0.1) is 0 Å². The van der Waals surface area contributed by atoms with Gasteiger partial charge in [0.15, 0.2) is 0 Å². The second-order valence-corrected chi connectivity index (χ2v) is 7.00. The molecule has 1 heteroatoms. The molecule has 0 aliphatic rings. The van der Waals surface area contributed by atoms with Crippen LogP contribution in [0.4, 0.5) is 0 Å². The molecule has 0 saturated heterocycles. The van der Waals surface area contributed by atoms with Gasteiger partial charge in [-0.2, -0.15) is 0 Å². The summed E-state index contributed by atoms with van der Waals surface area (Å²) in [6.45, 7) is 0. The van der Waals surface area contributed by atoms with Crippen LogP contribution in [0.2, 0.25) is 0 Å². The Morgan fingerprint density at radius 1 is 0.360 bits per heavy atom. The summed E-state index contributed by atoms with van der Waals surface area (Å²) >= 11 is 1.79. The zero-order valence-electron chi connectivity index (χ0n) is 13.8. The zero-order chi connectivity index (χ0) is 16.9. The third-order valence-electron chi connectivity index (χ3n) is 4.16. The van der Waals surface area contributed by atoms with Gasteiger partial charge < -0.3 is 0 Å². The van der Waals surface area contributed by atoms with Crippen molar-refractivity contribution in [2.24, 2.45) is 0 Å². The molecule has 0 fully saturated rings. The molecule has 120 valence electrons. The maximum absolute atomic E-state index is 2.22. The summed E-state index contributed by atoms with van der Waals surface area (Å²) in [5.41, 5.74) is 5.04. The minimum Gasteiger partial charge on any atom is -0.0901 e. The smallest absolute Gasteiger partial charge is 0.0122 e. The molecule has 0 spiro atoms. The summed E-state index contributed by atoms with van der Waals surface area (Å²) in [5, 5.41) is 0. The van der Waals surface area contributed by atoms with Crippen LogP contribution >= 0.6 is 11.8 Å². The van der Waals surface area contributed by atoms with Crippen molar-refractivity contribution >= 4 is 11.8 Å². The number of hydrogen-bond donors (Lipinski definition) is 0.